The van der Waals surface area contributed by atoms with Gasteiger partial charge >= 0.3 is 0 Å². The highest BCUT2D eigenvalue weighted by Crippen LogP contribution is 2.33. The third-order valence-electron chi connectivity index (χ3n) is 4.81. The van der Waals surface area contributed by atoms with Gasteiger partial charge in [0, 0.05) is 23.1 Å². The molecule has 4 aromatic rings. The number of oxazole rings is 1. The zero-order valence-electron chi connectivity index (χ0n) is 17.2. The van der Waals surface area contributed by atoms with Crippen LogP contribution in [0.4, 0.5) is 0 Å². The molecule has 4 N–H and O–H groups in total. The molecule has 160 valence electrons. The molecule has 3 aromatic carbocycles. The van der Waals surface area contributed by atoms with Crippen LogP contribution in [0.1, 0.15) is 17.0 Å². The molecule has 4 rings (SSSR count). The maximum Gasteiger partial charge on any atom is 0.238 e. The molecule has 6 nitrogen and oxygen atoms in total. The highest BCUT2D eigenvalue weighted by molar-refractivity contribution is 7.89. The Morgan fingerprint density at radius 1 is 0.875 bits per heavy atom. The first kappa shape index (κ1) is 21.5. The molecule has 0 aliphatic heterocycles. The van der Waals surface area contributed by atoms with Crippen LogP contribution in [0.3, 0.4) is 0 Å². The summed E-state index contributed by atoms with van der Waals surface area (Å²) in [5, 5.41) is 5.22. The lowest BCUT2D eigenvalue weighted by molar-refractivity contribution is 0.519. The van der Waals surface area contributed by atoms with Gasteiger partial charge in [-0.3, -0.25) is 0 Å². The Labute approximate surface area is 187 Å². The number of primary sulfonamides is 1. The largest absolute Gasteiger partial charge is 0.440 e. The van der Waals surface area contributed by atoms with E-state index in [-0.39, 0.29) is 4.90 Å². The first-order valence-electron chi connectivity index (χ1n) is 9.90. The van der Waals surface area contributed by atoms with Crippen molar-refractivity contribution >= 4 is 10.0 Å². The van der Waals surface area contributed by atoms with Gasteiger partial charge in [0.2, 0.25) is 10.0 Å². The van der Waals surface area contributed by atoms with Gasteiger partial charge in [-0.1, -0.05) is 54.3 Å². The summed E-state index contributed by atoms with van der Waals surface area (Å²) in [5.41, 5.74) is 9.65. The van der Waals surface area contributed by atoms with Crippen molar-refractivity contribution < 1.29 is 12.8 Å². The molecule has 0 saturated carbocycles. The van der Waals surface area contributed by atoms with Gasteiger partial charge in [0.25, 0.3) is 0 Å². The van der Waals surface area contributed by atoms with E-state index >= 15 is 0 Å². The van der Waals surface area contributed by atoms with E-state index in [1.807, 2.05) is 54.6 Å². The van der Waals surface area contributed by atoms with Gasteiger partial charge in [-0.15, -0.1) is 0 Å². The number of aromatic nitrogens is 1. The van der Waals surface area contributed by atoms with Gasteiger partial charge in [-0.05, 0) is 42.0 Å². The van der Waals surface area contributed by atoms with E-state index < -0.39 is 10.0 Å². The van der Waals surface area contributed by atoms with E-state index in [4.69, 9.17) is 20.3 Å². The minimum Gasteiger partial charge on any atom is -0.440 e. The fraction of sp³-hybridized carbons (Fsp3) is 0.0800. The van der Waals surface area contributed by atoms with Crippen LogP contribution >= 0.6 is 0 Å². The molecular weight excluding hydrogens is 422 g/mol. The summed E-state index contributed by atoms with van der Waals surface area (Å²) in [6, 6.07) is 23.8. The Balaban J connectivity index is 1.70. The fourth-order valence-electron chi connectivity index (χ4n) is 3.26. The Kier molecular flexibility index (Phi) is 6.19. The molecular formula is C25H21N3O3S. The first-order valence-corrected chi connectivity index (χ1v) is 11.4. The Morgan fingerprint density at radius 2 is 1.56 bits per heavy atom. The summed E-state index contributed by atoms with van der Waals surface area (Å²) in [6.45, 7) is 0.321. The second-order valence-electron chi connectivity index (χ2n) is 7.10. The molecule has 1 aromatic heterocycles. The highest BCUT2D eigenvalue weighted by atomic mass is 32.2. The average Bonchev–Trinajstić information content (AvgIpc) is 3.22. The lowest BCUT2D eigenvalue weighted by Gasteiger charge is -2.03. The SMILES string of the molecule is NCC#Cc1ccc(Cc2nc(-c3ccccc3)c(-c3ccc(S(N)(=O)=O)cc3)o2)cc1. The average molecular weight is 444 g/mol. The molecule has 32 heavy (non-hydrogen) atoms. The second kappa shape index (κ2) is 9.20. The van der Waals surface area contributed by atoms with Crippen LogP contribution in [0.25, 0.3) is 22.6 Å². The standard InChI is InChI=1S/C25H21N3O3S/c26-16-4-5-18-8-10-19(11-9-18)17-23-28-24(20-6-2-1-3-7-20)25(31-23)21-12-14-22(15-13-21)32(27,29)30/h1-3,6-15H,16-17,26H2,(H2,27,29,30). The Bertz CT molecular complexity index is 1380. The van der Waals surface area contributed by atoms with E-state index in [2.05, 4.69) is 11.8 Å². The summed E-state index contributed by atoms with van der Waals surface area (Å²) >= 11 is 0. The van der Waals surface area contributed by atoms with E-state index in [9.17, 15) is 8.42 Å². The molecule has 0 spiro atoms. The zero-order valence-corrected chi connectivity index (χ0v) is 18.0. The van der Waals surface area contributed by atoms with E-state index in [0.29, 0.717) is 35.9 Å². The molecule has 0 amide bonds. The van der Waals surface area contributed by atoms with Crippen LogP contribution in [0.5, 0.6) is 0 Å². The number of hydrogen-bond donors (Lipinski definition) is 2. The maximum atomic E-state index is 11.6. The van der Waals surface area contributed by atoms with Gasteiger partial charge in [0.15, 0.2) is 11.7 Å². The summed E-state index contributed by atoms with van der Waals surface area (Å²) in [4.78, 5) is 4.78. The Hall–Kier alpha value is -3.70. The fourth-order valence-corrected chi connectivity index (χ4v) is 3.77. The predicted molar refractivity (Wildman–Crippen MR) is 124 cm³/mol. The molecule has 0 aliphatic rings. The van der Waals surface area contributed by atoms with Crippen molar-refractivity contribution in [2.75, 3.05) is 6.54 Å². The van der Waals surface area contributed by atoms with Crippen molar-refractivity contribution in [1.82, 2.24) is 4.98 Å². The van der Waals surface area contributed by atoms with E-state index in [0.717, 1.165) is 16.7 Å². The topological polar surface area (TPSA) is 112 Å². The molecule has 0 atom stereocenters. The maximum absolute atomic E-state index is 11.6. The number of nitrogens with two attached hydrogens (primary N) is 2. The molecule has 1 heterocycles. The number of rotatable bonds is 5. The normalized spacial score (nSPS) is 11.1. The minimum absolute atomic E-state index is 0.0417. The quantitative estimate of drug-likeness (QED) is 0.458. The van der Waals surface area contributed by atoms with Crippen LogP contribution in [0.2, 0.25) is 0 Å². The molecule has 0 saturated heterocycles. The lowest BCUT2D eigenvalue weighted by atomic mass is 10.1. The third-order valence-corrected chi connectivity index (χ3v) is 5.74. The first-order chi connectivity index (χ1) is 15.4. The van der Waals surface area contributed by atoms with Crippen molar-refractivity contribution in [3.63, 3.8) is 0 Å². The molecule has 0 unspecified atom stereocenters. The lowest BCUT2D eigenvalue weighted by Crippen LogP contribution is -2.11. The van der Waals surface area contributed by atoms with Gasteiger partial charge in [0.1, 0.15) is 5.69 Å². The van der Waals surface area contributed by atoms with Crippen LogP contribution in [-0.2, 0) is 16.4 Å². The van der Waals surface area contributed by atoms with Crippen molar-refractivity contribution in [2.24, 2.45) is 10.9 Å². The third kappa shape index (κ3) is 4.95. The summed E-state index contributed by atoms with van der Waals surface area (Å²) < 4.78 is 29.3. The molecule has 0 radical (unpaired) electrons. The van der Waals surface area contributed by atoms with Gasteiger partial charge in [-0.2, -0.15) is 0 Å². The summed E-state index contributed by atoms with van der Waals surface area (Å²) in [5.74, 6) is 6.95. The smallest absolute Gasteiger partial charge is 0.238 e. The highest BCUT2D eigenvalue weighted by Gasteiger charge is 2.18. The predicted octanol–water partition coefficient (Wildman–Crippen LogP) is 3.56. The minimum atomic E-state index is -3.77. The van der Waals surface area contributed by atoms with Gasteiger partial charge in [0.05, 0.1) is 11.4 Å². The van der Waals surface area contributed by atoms with Crippen molar-refractivity contribution in [3.8, 4) is 34.4 Å². The Morgan fingerprint density at radius 3 is 2.19 bits per heavy atom. The summed E-state index contributed by atoms with van der Waals surface area (Å²) in [6.07, 6.45) is 0.500. The molecule has 0 bridgehead atoms. The number of benzene rings is 3. The van der Waals surface area contributed by atoms with Crippen LogP contribution in [0, 0.1) is 11.8 Å². The van der Waals surface area contributed by atoms with E-state index in [1.165, 1.54) is 12.1 Å². The molecule has 0 aliphatic carbocycles. The molecule has 0 fully saturated rings. The summed E-state index contributed by atoms with van der Waals surface area (Å²) in [7, 11) is -3.77. The number of hydrogen-bond acceptors (Lipinski definition) is 5. The monoisotopic (exact) mass is 443 g/mol. The second-order valence-corrected chi connectivity index (χ2v) is 8.66. The molecule has 7 heteroatoms. The van der Waals surface area contributed by atoms with Crippen LogP contribution in [-0.4, -0.2) is 19.9 Å². The zero-order chi connectivity index (χ0) is 22.6. The van der Waals surface area contributed by atoms with Gasteiger partial charge < -0.3 is 10.2 Å². The van der Waals surface area contributed by atoms with Crippen molar-refractivity contribution in [2.45, 2.75) is 11.3 Å². The van der Waals surface area contributed by atoms with Gasteiger partial charge in [-0.25, -0.2) is 18.5 Å². The van der Waals surface area contributed by atoms with Crippen LogP contribution < -0.4 is 10.9 Å². The van der Waals surface area contributed by atoms with E-state index in [1.54, 1.807) is 12.1 Å². The number of nitrogens with zero attached hydrogens (tertiary/aromatic N) is 1. The number of sulfonamides is 1. The van der Waals surface area contributed by atoms with Crippen molar-refractivity contribution in [3.05, 3.63) is 95.9 Å². The van der Waals surface area contributed by atoms with Crippen molar-refractivity contribution in [1.29, 1.82) is 0 Å². The van der Waals surface area contributed by atoms with Crippen LogP contribution in [0.15, 0.2) is 88.2 Å².